The number of nitrogen functional groups attached to an aromatic ring is 1. The Morgan fingerprint density at radius 2 is 2.08 bits per heavy atom. The molecule has 3 heterocycles. The molecule has 1 amide bonds. The summed E-state index contributed by atoms with van der Waals surface area (Å²) in [6, 6.07) is 5.48. The summed E-state index contributed by atoms with van der Waals surface area (Å²) < 4.78 is 11.3. The highest BCUT2D eigenvalue weighted by atomic mass is 16.6. The number of piperidine rings is 1. The fraction of sp³-hybridized carbons (Fsp3) is 0.421. The monoisotopic (exact) mass is 354 g/mol. The Morgan fingerprint density at radius 3 is 2.96 bits per heavy atom. The van der Waals surface area contributed by atoms with Gasteiger partial charge < -0.3 is 20.1 Å². The van der Waals surface area contributed by atoms with Crippen LogP contribution in [0.1, 0.15) is 28.9 Å². The number of anilines is 1. The fourth-order valence-electron chi connectivity index (χ4n) is 3.64. The number of amides is 1. The van der Waals surface area contributed by atoms with Crippen LogP contribution in [0.3, 0.4) is 0 Å². The minimum Gasteiger partial charge on any atom is -0.486 e. The van der Waals surface area contributed by atoms with E-state index in [9.17, 15) is 4.79 Å². The summed E-state index contributed by atoms with van der Waals surface area (Å²) in [4.78, 5) is 23.4. The zero-order valence-electron chi connectivity index (χ0n) is 14.6. The van der Waals surface area contributed by atoms with Gasteiger partial charge in [-0.25, -0.2) is 4.98 Å². The van der Waals surface area contributed by atoms with E-state index in [0.717, 1.165) is 31.5 Å². The number of carbonyl (C=O) groups excluding carboxylic acids is 1. The number of rotatable bonds is 3. The second-order valence-electron chi connectivity index (χ2n) is 6.68. The lowest BCUT2D eigenvalue weighted by Crippen LogP contribution is -2.41. The minimum absolute atomic E-state index is 0.0100. The molecule has 2 aliphatic rings. The van der Waals surface area contributed by atoms with Crippen LogP contribution in [0.25, 0.3) is 0 Å². The van der Waals surface area contributed by atoms with Crippen molar-refractivity contribution in [3.8, 4) is 11.5 Å². The second kappa shape index (κ2) is 7.19. The lowest BCUT2D eigenvalue weighted by molar-refractivity contribution is 0.0663. The lowest BCUT2D eigenvalue weighted by Gasteiger charge is -2.33. The predicted molar refractivity (Wildman–Crippen MR) is 96.2 cm³/mol. The van der Waals surface area contributed by atoms with Crippen LogP contribution in [-0.4, -0.2) is 47.1 Å². The molecule has 0 unspecified atom stereocenters. The molecule has 2 N–H and O–H groups in total. The Morgan fingerprint density at radius 1 is 1.23 bits per heavy atom. The zero-order valence-corrected chi connectivity index (χ0v) is 14.6. The summed E-state index contributed by atoms with van der Waals surface area (Å²) in [5.41, 5.74) is 7.29. The lowest BCUT2D eigenvalue weighted by atomic mass is 9.92. The number of likely N-dealkylation sites (tertiary alicyclic amines) is 1. The Balaban J connectivity index is 1.50. The molecular formula is C19H22N4O3. The van der Waals surface area contributed by atoms with Crippen molar-refractivity contribution in [3.05, 3.63) is 41.9 Å². The molecular weight excluding hydrogens is 332 g/mol. The number of ether oxygens (including phenoxy) is 2. The fourth-order valence-corrected chi connectivity index (χ4v) is 3.64. The molecule has 1 atom stereocenters. The first-order valence-corrected chi connectivity index (χ1v) is 8.95. The Labute approximate surface area is 152 Å². The standard InChI is InChI=1S/C19H22N4O3/c20-18-15(21-6-7-22-18)11-13-3-2-8-23(12-13)19(24)14-4-1-5-16-17(14)26-10-9-25-16/h1,4-7,13H,2-3,8-12H2,(H2,20,22)/t13-/m0/s1. The van der Waals surface area contributed by atoms with Gasteiger partial charge in [-0.1, -0.05) is 6.07 Å². The maximum atomic E-state index is 13.1. The first-order chi connectivity index (χ1) is 12.7. The molecule has 2 aliphatic heterocycles. The van der Waals surface area contributed by atoms with E-state index in [-0.39, 0.29) is 5.91 Å². The number of nitrogens with zero attached hydrogens (tertiary/aromatic N) is 3. The van der Waals surface area contributed by atoms with Crippen molar-refractivity contribution in [1.82, 2.24) is 14.9 Å². The summed E-state index contributed by atoms with van der Waals surface area (Å²) in [6.45, 7) is 2.40. The van der Waals surface area contributed by atoms with Gasteiger partial charge >= 0.3 is 0 Å². The van der Waals surface area contributed by atoms with Gasteiger partial charge in [0.05, 0.1) is 11.3 Å². The number of carbonyl (C=O) groups is 1. The molecule has 136 valence electrons. The molecule has 0 bridgehead atoms. The van der Waals surface area contributed by atoms with E-state index < -0.39 is 0 Å². The van der Waals surface area contributed by atoms with Crippen molar-refractivity contribution >= 4 is 11.7 Å². The minimum atomic E-state index is -0.0100. The normalized spacial score (nSPS) is 19.2. The SMILES string of the molecule is Nc1nccnc1C[C@@H]1CCCN(C(=O)c2cccc3c2OCCO3)C1. The molecule has 0 aliphatic carbocycles. The number of nitrogens with two attached hydrogens (primary N) is 1. The number of hydrogen-bond acceptors (Lipinski definition) is 6. The maximum Gasteiger partial charge on any atom is 0.257 e. The molecule has 2 aromatic rings. The summed E-state index contributed by atoms with van der Waals surface area (Å²) >= 11 is 0. The number of fused-ring (bicyclic) bond motifs is 1. The topological polar surface area (TPSA) is 90.6 Å². The van der Waals surface area contributed by atoms with E-state index in [4.69, 9.17) is 15.2 Å². The van der Waals surface area contributed by atoms with Gasteiger partial charge in [0.25, 0.3) is 5.91 Å². The first-order valence-electron chi connectivity index (χ1n) is 8.95. The maximum absolute atomic E-state index is 13.1. The van der Waals surface area contributed by atoms with Crippen molar-refractivity contribution in [2.75, 3.05) is 32.0 Å². The molecule has 7 heteroatoms. The van der Waals surface area contributed by atoms with Gasteiger partial charge in [0.2, 0.25) is 0 Å². The quantitative estimate of drug-likeness (QED) is 0.906. The molecule has 26 heavy (non-hydrogen) atoms. The van der Waals surface area contributed by atoms with E-state index in [1.165, 1.54) is 0 Å². The highest BCUT2D eigenvalue weighted by Crippen LogP contribution is 2.35. The molecule has 1 aromatic carbocycles. The van der Waals surface area contributed by atoms with Gasteiger partial charge in [0.15, 0.2) is 11.5 Å². The van der Waals surface area contributed by atoms with E-state index in [1.54, 1.807) is 18.5 Å². The van der Waals surface area contributed by atoms with Crippen LogP contribution in [0.15, 0.2) is 30.6 Å². The Kier molecular flexibility index (Phi) is 4.60. The van der Waals surface area contributed by atoms with Crippen molar-refractivity contribution in [1.29, 1.82) is 0 Å². The molecule has 1 aromatic heterocycles. The number of para-hydroxylation sites is 1. The third-order valence-corrected chi connectivity index (χ3v) is 4.89. The van der Waals surface area contributed by atoms with Gasteiger partial charge in [-0.15, -0.1) is 0 Å². The summed E-state index contributed by atoms with van der Waals surface area (Å²) in [7, 11) is 0. The first kappa shape index (κ1) is 16.6. The van der Waals surface area contributed by atoms with E-state index in [0.29, 0.717) is 48.6 Å². The van der Waals surface area contributed by atoms with Crippen LogP contribution < -0.4 is 15.2 Å². The van der Waals surface area contributed by atoms with Crippen LogP contribution >= 0.6 is 0 Å². The molecule has 0 spiro atoms. The van der Waals surface area contributed by atoms with Crippen molar-refractivity contribution < 1.29 is 14.3 Å². The zero-order chi connectivity index (χ0) is 17.9. The van der Waals surface area contributed by atoms with Gasteiger partial charge in [0, 0.05) is 25.5 Å². The molecule has 4 rings (SSSR count). The van der Waals surface area contributed by atoms with Crippen molar-refractivity contribution in [3.63, 3.8) is 0 Å². The molecule has 7 nitrogen and oxygen atoms in total. The van der Waals surface area contributed by atoms with Crippen LogP contribution in [0.5, 0.6) is 11.5 Å². The molecule has 1 saturated heterocycles. The van der Waals surface area contributed by atoms with Gasteiger partial charge in [0.1, 0.15) is 19.0 Å². The summed E-state index contributed by atoms with van der Waals surface area (Å²) in [6.07, 6.45) is 5.99. The second-order valence-corrected chi connectivity index (χ2v) is 6.68. The van der Waals surface area contributed by atoms with E-state index in [1.807, 2.05) is 17.0 Å². The molecule has 1 fully saturated rings. The number of aromatic nitrogens is 2. The van der Waals surface area contributed by atoms with E-state index >= 15 is 0 Å². The van der Waals surface area contributed by atoms with Gasteiger partial charge in [-0.05, 0) is 37.3 Å². The smallest absolute Gasteiger partial charge is 0.257 e. The highest BCUT2D eigenvalue weighted by molar-refractivity contribution is 5.98. The van der Waals surface area contributed by atoms with Crippen molar-refractivity contribution in [2.24, 2.45) is 5.92 Å². The number of hydrogen-bond donors (Lipinski definition) is 1. The third kappa shape index (κ3) is 3.29. The van der Waals surface area contributed by atoms with E-state index in [2.05, 4.69) is 9.97 Å². The average molecular weight is 354 g/mol. The Bertz CT molecular complexity index is 811. The Hall–Kier alpha value is -2.83. The largest absolute Gasteiger partial charge is 0.486 e. The highest BCUT2D eigenvalue weighted by Gasteiger charge is 2.29. The third-order valence-electron chi connectivity index (χ3n) is 4.89. The average Bonchev–Trinajstić information content (AvgIpc) is 2.69. The van der Waals surface area contributed by atoms with Crippen LogP contribution in [0.4, 0.5) is 5.82 Å². The molecule has 0 saturated carbocycles. The van der Waals surface area contributed by atoms with Crippen molar-refractivity contribution in [2.45, 2.75) is 19.3 Å². The van der Waals surface area contributed by atoms with Gasteiger partial charge in [-0.3, -0.25) is 9.78 Å². The van der Waals surface area contributed by atoms with Crippen LogP contribution in [0, 0.1) is 5.92 Å². The van der Waals surface area contributed by atoms with Crippen LogP contribution in [-0.2, 0) is 6.42 Å². The summed E-state index contributed by atoms with van der Waals surface area (Å²) in [5.74, 6) is 1.98. The summed E-state index contributed by atoms with van der Waals surface area (Å²) in [5, 5.41) is 0. The van der Waals surface area contributed by atoms with Gasteiger partial charge in [-0.2, -0.15) is 0 Å². The predicted octanol–water partition coefficient (Wildman–Crippen LogP) is 1.92. The molecule has 0 radical (unpaired) electrons. The number of benzene rings is 1. The van der Waals surface area contributed by atoms with Crippen LogP contribution in [0.2, 0.25) is 0 Å².